The number of halogens is 2. The van der Waals surface area contributed by atoms with Gasteiger partial charge in [0.2, 0.25) is 0 Å². The molecule has 6 heteroatoms. The Bertz CT molecular complexity index is 404. The zero-order chi connectivity index (χ0) is 13.7. The molecule has 0 aliphatic carbocycles. The zero-order valence-electron chi connectivity index (χ0n) is 10.5. The molecule has 1 heterocycles. The lowest BCUT2D eigenvalue weighted by molar-refractivity contribution is -0.0505. The lowest BCUT2D eigenvalue weighted by Crippen LogP contribution is -2.30. The SMILES string of the molecule is OC1CNCC1CNCc1ccccc1OC(F)F. The molecule has 0 radical (unpaired) electrons. The molecule has 1 aliphatic rings. The molecule has 1 aliphatic heterocycles. The number of hydrogen-bond donors (Lipinski definition) is 3. The fourth-order valence-electron chi connectivity index (χ4n) is 2.18. The van der Waals surface area contributed by atoms with Crippen LogP contribution in [-0.4, -0.2) is 37.5 Å². The molecule has 0 saturated carbocycles. The molecule has 0 amide bonds. The molecule has 0 spiro atoms. The van der Waals surface area contributed by atoms with Crippen molar-refractivity contribution in [2.75, 3.05) is 19.6 Å². The summed E-state index contributed by atoms with van der Waals surface area (Å²) in [5, 5.41) is 15.9. The van der Waals surface area contributed by atoms with Crippen molar-refractivity contribution in [3.8, 4) is 5.75 Å². The van der Waals surface area contributed by atoms with Gasteiger partial charge in [0.15, 0.2) is 0 Å². The number of alkyl halides is 2. The third kappa shape index (κ3) is 4.12. The maximum Gasteiger partial charge on any atom is 0.387 e. The molecule has 1 aromatic carbocycles. The summed E-state index contributed by atoms with van der Waals surface area (Å²) >= 11 is 0. The van der Waals surface area contributed by atoms with Gasteiger partial charge in [-0.25, -0.2) is 0 Å². The van der Waals surface area contributed by atoms with Gasteiger partial charge in [-0.3, -0.25) is 0 Å². The molecule has 1 fully saturated rings. The number of rotatable bonds is 6. The molecule has 0 aromatic heterocycles. The standard InChI is InChI=1S/C13H18F2N2O2/c14-13(15)19-12-4-2-1-3-9(12)5-16-6-10-7-17-8-11(10)18/h1-4,10-11,13,16-18H,5-8H2. The second-order valence-corrected chi connectivity index (χ2v) is 4.60. The maximum absolute atomic E-state index is 12.2. The number of nitrogens with one attached hydrogen (secondary N) is 2. The van der Waals surface area contributed by atoms with Gasteiger partial charge in [-0.15, -0.1) is 0 Å². The van der Waals surface area contributed by atoms with E-state index in [1.54, 1.807) is 18.2 Å². The maximum atomic E-state index is 12.2. The van der Waals surface area contributed by atoms with Crippen molar-refractivity contribution >= 4 is 0 Å². The van der Waals surface area contributed by atoms with Gasteiger partial charge in [0, 0.05) is 37.7 Å². The van der Waals surface area contributed by atoms with Crippen LogP contribution in [0.2, 0.25) is 0 Å². The van der Waals surface area contributed by atoms with Gasteiger partial charge in [-0.1, -0.05) is 18.2 Å². The molecule has 2 atom stereocenters. The molecule has 4 nitrogen and oxygen atoms in total. The summed E-state index contributed by atoms with van der Waals surface area (Å²) in [7, 11) is 0. The van der Waals surface area contributed by atoms with Crippen LogP contribution in [-0.2, 0) is 6.54 Å². The van der Waals surface area contributed by atoms with Gasteiger partial charge < -0.3 is 20.5 Å². The average Bonchev–Trinajstić information content (AvgIpc) is 2.77. The summed E-state index contributed by atoms with van der Waals surface area (Å²) in [6.07, 6.45) is -0.347. The molecule has 2 rings (SSSR count). The summed E-state index contributed by atoms with van der Waals surface area (Å²) in [5.41, 5.74) is 0.684. The third-order valence-corrected chi connectivity index (χ3v) is 3.21. The van der Waals surface area contributed by atoms with Gasteiger partial charge in [-0.2, -0.15) is 8.78 Å². The molecular formula is C13H18F2N2O2. The van der Waals surface area contributed by atoms with Crippen molar-refractivity contribution in [2.24, 2.45) is 5.92 Å². The van der Waals surface area contributed by atoms with E-state index in [0.717, 1.165) is 6.54 Å². The van der Waals surface area contributed by atoms with Crippen LogP contribution in [0.25, 0.3) is 0 Å². The lowest BCUT2D eigenvalue weighted by atomic mass is 10.1. The van der Waals surface area contributed by atoms with E-state index in [0.29, 0.717) is 25.2 Å². The summed E-state index contributed by atoms with van der Waals surface area (Å²) in [6.45, 7) is -0.369. The molecule has 1 aromatic rings. The van der Waals surface area contributed by atoms with Crippen LogP contribution in [0, 0.1) is 5.92 Å². The van der Waals surface area contributed by atoms with Crippen molar-refractivity contribution in [3.63, 3.8) is 0 Å². The van der Waals surface area contributed by atoms with Gasteiger partial charge in [0.25, 0.3) is 0 Å². The van der Waals surface area contributed by atoms with Crippen LogP contribution in [0.3, 0.4) is 0 Å². The van der Waals surface area contributed by atoms with E-state index in [-0.39, 0.29) is 17.8 Å². The van der Waals surface area contributed by atoms with E-state index >= 15 is 0 Å². The number of aliphatic hydroxyl groups is 1. The number of β-amino-alcohol motifs (C(OH)–C–C–N with tert-alkyl or cyclic N) is 1. The van der Waals surface area contributed by atoms with Gasteiger partial charge in [0.05, 0.1) is 6.10 Å². The van der Waals surface area contributed by atoms with Crippen LogP contribution in [0.15, 0.2) is 24.3 Å². The minimum Gasteiger partial charge on any atom is -0.434 e. The second-order valence-electron chi connectivity index (χ2n) is 4.60. The highest BCUT2D eigenvalue weighted by molar-refractivity contribution is 5.33. The Balaban J connectivity index is 1.85. The van der Waals surface area contributed by atoms with Crippen LogP contribution in [0.5, 0.6) is 5.75 Å². The number of para-hydroxylation sites is 1. The van der Waals surface area contributed by atoms with E-state index < -0.39 is 6.61 Å². The van der Waals surface area contributed by atoms with Gasteiger partial charge in [0.1, 0.15) is 5.75 Å². The zero-order valence-corrected chi connectivity index (χ0v) is 10.5. The lowest BCUT2D eigenvalue weighted by Gasteiger charge is -2.15. The molecule has 3 N–H and O–H groups in total. The van der Waals surface area contributed by atoms with Crippen molar-refractivity contribution in [1.29, 1.82) is 0 Å². The van der Waals surface area contributed by atoms with Gasteiger partial charge in [-0.05, 0) is 6.07 Å². The van der Waals surface area contributed by atoms with Crippen molar-refractivity contribution in [1.82, 2.24) is 10.6 Å². The Morgan fingerprint density at radius 1 is 1.37 bits per heavy atom. The first-order valence-corrected chi connectivity index (χ1v) is 6.29. The minimum atomic E-state index is -2.82. The topological polar surface area (TPSA) is 53.5 Å². The summed E-state index contributed by atoms with van der Waals surface area (Å²) in [5.74, 6) is 0.346. The highest BCUT2D eigenvalue weighted by atomic mass is 19.3. The third-order valence-electron chi connectivity index (χ3n) is 3.21. The van der Waals surface area contributed by atoms with E-state index in [2.05, 4.69) is 15.4 Å². The Morgan fingerprint density at radius 2 is 2.16 bits per heavy atom. The molecule has 2 unspecified atom stereocenters. The second kappa shape index (κ2) is 6.79. The van der Waals surface area contributed by atoms with Crippen molar-refractivity contribution in [3.05, 3.63) is 29.8 Å². The van der Waals surface area contributed by atoms with Crippen LogP contribution in [0.1, 0.15) is 5.56 Å². The molecule has 1 saturated heterocycles. The molecule has 106 valence electrons. The summed E-state index contributed by atoms with van der Waals surface area (Å²) in [4.78, 5) is 0. The van der Waals surface area contributed by atoms with E-state index in [1.165, 1.54) is 6.07 Å². The summed E-state index contributed by atoms with van der Waals surface area (Å²) in [6, 6.07) is 6.70. The highest BCUT2D eigenvalue weighted by Gasteiger charge is 2.24. The Morgan fingerprint density at radius 3 is 2.84 bits per heavy atom. The van der Waals surface area contributed by atoms with Crippen LogP contribution in [0.4, 0.5) is 8.78 Å². The average molecular weight is 272 g/mol. The highest BCUT2D eigenvalue weighted by Crippen LogP contribution is 2.20. The monoisotopic (exact) mass is 272 g/mol. The number of ether oxygens (including phenoxy) is 1. The van der Waals surface area contributed by atoms with E-state index in [1.807, 2.05) is 0 Å². The first kappa shape index (κ1) is 14.2. The van der Waals surface area contributed by atoms with E-state index in [4.69, 9.17) is 0 Å². The fourth-order valence-corrected chi connectivity index (χ4v) is 2.18. The Labute approximate surface area is 110 Å². The Hall–Kier alpha value is -1.24. The first-order valence-electron chi connectivity index (χ1n) is 6.29. The number of benzene rings is 1. The van der Waals surface area contributed by atoms with E-state index in [9.17, 15) is 13.9 Å². The predicted molar refractivity (Wildman–Crippen MR) is 67.1 cm³/mol. The van der Waals surface area contributed by atoms with Crippen LogP contribution < -0.4 is 15.4 Å². The molecular weight excluding hydrogens is 254 g/mol. The van der Waals surface area contributed by atoms with Crippen molar-refractivity contribution < 1.29 is 18.6 Å². The van der Waals surface area contributed by atoms with Crippen LogP contribution >= 0.6 is 0 Å². The number of hydrogen-bond acceptors (Lipinski definition) is 4. The smallest absolute Gasteiger partial charge is 0.387 e. The summed E-state index contributed by atoms with van der Waals surface area (Å²) < 4.78 is 28.9. The predicted octanol–water partition coefficient (Wildman–Crippen LogP) is 0.958. The molecule has 19 heavy (non-hydrogen) atoms. The Kier molecular flexibility index (Phi) is 5.07. The largest absolute Gasteiger partial charge is 0.434 e. The minimum absolute atomic E-state index is 0.156. The quantitative estimate of drug-likeness (QED) is 0.722. The van der Waals surface area contributed by atoms with Gasteiger partial charge >= 0.3 is 6.61 Å². The van der Waals surface area contributed by atoms with Crippen molar-refractivity contribution in [2.45, 2.75) is 19.3 Å². The fraction of sp³-hybridized carbons (Fsp3) is 0.538. The first-order chi connectivity index (χ1) is 9.16. The molecule has 0 bridgehead atoms. The normalized spacial score (nSPS) is 22.9. The number of aliphatic hydroxyl groups excluding tert-OH is 1.